The summed E-state index contributed by atoms with van der Waals surface area (Å²) in [7, 11) is 0. The SMILES string of the molecule is O=C(CC12CC3CC(CC(C3)C1)C2)NCC1(O)CCOCC1. The predicted octanol–water partition coefficient (Wildman–Crippen LogP) is 2.25. The summed E-state index contributed by atoms with van der Waals surface area (Å²) in [6.45, 7) is 1.59. The first-order valence-electron chi connectivity index (χ1n) is 9.11. The molecular weight excluding hydrogens is 278 g/mol. The van der Waals surface area contributed by atoms with Gasteiger partial charge in [-0.1, -0.05) is 0 Å². The maximum absolute atomic E-state index is 12.5. The molecule has 5 rings (SSSR count). The Labute approximate surface area is 133 Å². The Balaban J connectivity index is 1.32. The lowest BCUT2D eigenvalue weighted by molar-refractivity contribution is -0.132. The van der Waals surface area contributed by atoms with Gasteiger partial charge in [-0.2, -0.15) is 0 Å². The van der Waals surface area contributed by atoms with Crippen molar-refractivity contribution in [2.75, 3.05) is 19.8 Å². The van der Waals surface area contributed by atoms with E-state index in [0.29, 0.717) is 39.0 Å². The quantitative estimate of drug-likeness (QED) is 0.837. The fraction of sp³-hybridized carbons (Fsp3) is 0.944. The van der Waals surface area contributed by atoms with Crippen molar-refractivity contribution in [3.8, 4) is 0 Å². The van der Waals surface area contributed by atoms with Crippen LogP contribution in [0.4, 0.5) is 0 Å². The zero-order chi connectivity index (χ0) is 15.2. The molecule has 4 bridgehead atoms. The van der Waals surface area contributed by atoms with Crippen LogP contribution in [-0.2, 0) is 9.53 Å². The monoisotopic (exact) mass is 307 g/mol. The van der Waals surface area contributed by atoms with Gasteiger partial charge >= 0.3 is 0 Å². The van der Waals surface area contributed by atoms with Crippen LogP contribution in [-0.4, -0.2) is 36.4 Å². The molecule has 4 saturated carbocycles. The summed E-state index contributed by atoms with van der Waals surface area (Å²) in [4.78, 5) is 12.5. The molecular formula is C18H29NO3. The second kappa shape index (κ2) is 5.48. The third-order valence-electron chi connectivity index (χ3n) is 6.74. The van der Waals surface area contributed by atoms with E-state index in [1.807, 2.05) is 0 Å². The first-order chi connectivity index (χ1) is 10.5. The lowest BCUT2D eigenvalue weighted by atomic mass is 9.49. The molecule has 5 aliphatic rings. The molecule has 0 radical (unpaired) electrons. The molecule has 1 amide bonds. The van der Waals surface area contributed by atoms with Crippen molar-refractivity contribution in [2.45, 2.75) is 63.4 Å². The third kappa shape index (κ3) is 2.92. The molecule has 1 aliphatic heterocycles. The second-order valence-electron chi connectivity index (χ2n) is 8.71. The predicted molar refractivity (Wildman–Crippen MR) is 83.2 cm³/mol. The van der Waals surface area contributed by atoms with E-state index in [-0.39, 0.29) is 11.3 Å². The average Bonchev–Trinajstić information content (AvgIpc) is 2.44. The fourth-order valence-electron chi connectivity index (χ4n) is 6.10. The lowest BCUT2D eigenvalue weighted by Crippen LogP contribution is -2.50. The fourth-order valence-corrected chi connectivity index (χ4v) is 6.10. The molecule has 124 valence electrons. The molecule has 1 heterocycles. The summed E-state index contributed by atoms with van der Waals surface area (Å²) in [5, 5.41) is 13.5. The zero-order valence-electron chi connectivity index (χ0n) is 13.5. The summed E-state index contributed by atoms with van der Waals surface area (Å²) in [5.74, 6) is 2.82. The van der Waals surface area contributed by atoms with Gasteiger partial charge in [0.15, 0.2) is 0 Å². The molecule has 4 heteroatoms. The van der Waals surface area contributed by atoms with Crippen LogP contribution in [0.25, 0.3) is 0 Å². The molecule has 4 aliphatic carbocycles. The van der Waals surface area contributed by atoms with Gasteiger partial charge in [0, 0.05) is 39.0 Å². The highest BCUT2D eigenvalue weighted by atomic mass is 16.5. The van der Waals surface area contributed by atoms with Crippen molar-refractivity contribution in [3.05, 3.63) is 0 Å². The van der Waals surface area contributed by atoms with Crippen LogP contribution in [0.2, 0.25) is 0 Å². The van der Waals surface area contributed by atoms with Gasteiger partial charge in [0.2, 0.25) is 5.91 Å². The normalized spacial score (nSPS) is 42.3. The molecule has 5 fully saturated rings. The van der Waals surface area contributed by atoms with Gasteiger partial charge in [0.1, 0.15) is 0 Å². The molecule has 0 unspecified atom stereocenters. The molecule has 4 nitrogen and oxygen atoms in total. The number of carbonyl (C=O) groups excluding carboxylic acids is 1. The van der Waals surface area contributed by atoms with Gasteiger partial charge in [0.05, 0.1) is 5.60 Å². The van der Waals surface area contributed by atoms with Crippen molar-refractivity contribution in [2.24, 2.45) is 23.2 Å². The Kier molecular flexibility index (Phi) is 3.73. The number of rotatable bonds is 4. The number of nitrogens with one attached hydrogen (secondary N) is 1. The number of ether oxygens (including phenoxy) is 1. The number of hydrogen-bond donors (Lipinski definition) is 2. The average molecular weight is 307 g/mol. The summed E-state index contributed by atoms with van der Waals surface area (Å²) in [5.41, 5.74) is -0.466. The smallest absolute Gasteiger partial charge is 0.220 e. The van der Waals surface area contributed by atoms with E-state index in [9.17, 15) is 9.90 Å². The van der Waals surface area contributed by atoms with E-state index in [4.69, 9.17) is 4.74 Å². The molecule has 2 N–H and O–H groups in total. The van der Waals surface area contributed by atoms with Crippen LogP contribution in [0.5, 0.6) is 0 Å². The van der Waals surface area contributed by atoms with Crippen LogP contribution in [0.1, 0.15) is 57.8 Å². The van der Waals surface area contributed by atoms with Crippen LogP contribution in [0.3, 0.4) is 0 Å². The second-order valence-corrected chi connectivity index (χ2v) is 8.71. The minimum atomic E-state index is -0.755. The van der Waals surface area contributed by atoms with E-state index >= 15 is 0 Å². The van der Waals surface area contributed by atoms with E-state index < -0.39 is 5.60 Å². The van der Waals surface area contributed by atoms with Gasteiger partial charge in [-0.3, -0.25) is 4.79 Å². The molecule has 0 aromatic carbocycles. The highest BCUT2D eigenvalue weighted by Crippen LogP contribution is 2.61. The van der Waals surface area contributed by atoms with Crippen molar-refractivity contribution in [3.63, 3.8) is 0 Å². The van der Waals surface area contributed by atoms with Crippen LogP contribution in [0.15, 0.2) is 0 Å². The summed E-state index contributed by atoms with van der Waals surface area (Å²) in [6, 6.07) is 0. The van der Waals surface area contributed by atoms with Crippen molar-refractivity contribution in [1.29, 1.82) is 0 Å². The van der Waals surface area contributed by atoms with Crippen LogP contribution < -0.4 is 5.32 Å². The molecule has 1 saturated heterocycles. The maximum Gasteiger partial charge on any atom is 0.220 e. The van der Waals surface area contributed by atoms with E-state index in [2.05, 4.69) is 5.32 Å². The Morgan fingerprint density at radius 2 is 1.59 bits per heavy atom. The maximum atomic E-state index is 12.5. The number of amides is 1. The number of aliphatic hydroxyl groups is 1. The lowest BCUT2D eigenvalue weighted by Gasteiger charge is -2.56. The highest BCUT2D eigenvalue weighted by Gasteiger charge is 2.51. The standard InChI is InChI=1S/C18H29NO3/c20-16(19-12-18(21)1-3-22-4-2-18)11-17-8-13-5-14(9-17)7-15(6-13)10-17/h13-15,21H,1-12H2,(H,19,20). The topological polar surface area (TPSA) is 58.6 Å². The van der Waals surface area contributed by atoms with E-state index in [0.717, 1.165) is 17.8 Å². The summed E-state index contributed by atoms with van der Waals surface area (Å²) in [6.07, 6.45) is 10.00. The Morgan fingerprint density at radius 3 is 2.14 bits per heavy atom. The molecule has 0 aromatic heterocycles. The summed E-state index contributed by atoms with van der Waals surface area (Å²) >= 11 is 0. The molecule has 0 spiro atoms. The molecule has 0 aromatic rings. The Bertz CT molecular complexity index is 406. The van der Waals surface area contributed by atoms with Crippen LogP contribution in [0, 0.1) is 23.2 Å². The van der Waals surface area contributed by atoms with Crippen LogP contribution >= 0.6 is 0 Å². The Morgan fingerprint density at radius 1 is 1.05 bits per heavy atom. The molecule has 22 heavy (non-hydrogen) atoms. The minimum absolute atomic E-state index is 0.155. The first kappa shape index (κ1) is 14.9. The largest absolute Gasteiger partial charge is 0.388 e. The van der Waals surface area contributed by atoms with Crippen molar-refractivity contribution in [1.82, 2.24) is 5.32 Å². The van der Waals surface area contributed by atoms with Gasteiger partial charge in [-0.05, 0) is 61.7 Å². The van der Waals surface area contributed by atoms with Gasteiger partial charge < -0.3 is 15.2 Å². The number of hydrogen-bond acceptors (Lipinski definition) is 3. The minimum Gasteiger partial charge on any atom is -0.388 e. The molecule has 0 atom stereocenters. The highest BCUT2D eigenvalue weighted by molar-refractivity contribution is 5.76. The first-order valence-corrected chi connectivity index (χ1v) is 9.11. The van der Waals surface area contributed by atoms with Gasteiger partial charge in [-0.15, -0.1) is 0 Å². The Hall–Kier alpha value is -0.610. The zero-order valence-corrected chi connectivity index (χ0v) is 13.5. The summed E-state index contributed by atoms with van der Waals surface area (Å²) < 4.78 is 5.29. The third-order valence-corrected chi connectivity index (χ3v) is 6.74. The van der Waals surface area contributed by atoms with Crippen molar-refractivity contribution >= 4 is 5.91 Å². The van der Waals surface area contributed by atoms with E-state index in [1.54, 1.807) is 0 Å². The van der Waals surface area contributed by atoms with Gasteiger partial charge in [0.25, 0.3) is 0 Å². The number of carbonyl (C=O) groups is 1. The van der Waals surface area contributed by atoms with Crippen molar-refractivity contribution < 1.29 is 14.6 Å². The van der Waals surface area contributed by atoms with E-state index in [1.165, 1.54) is 38.5 Å². The van der Waals surface area contributed by atoms with Gasteiger partial charge in [-0.25, -0.2) is 0 Å².